The zero-order valence-corrected chi connectivity index (χ0v) is 13.6. The van der Waals surface area contributed by atoms with E-state index in [-0.39, 0.29) is 0 Å². The topological polar surface area (TPSA) is 24.5 Å². The van der Waals surface area contributed by atoms with Crippen LogP contribution in [0.1, 0.15) is 16.7 Å². The third kappa shape index (κ3) is 3.50. The number of benzene rings is 1. The summed E-state index contributed by atoms with van der Waals surface area (Å²) in [5.74, 6) is 0.931. The first kappa shape index (κ1) is 14.8. The van der Waals surface area contributed by atoms with Crippen molar-refractivity contribution in [1.82, 2.24) is 10.2 Å². The molecule has 2 rings (SSSR count). The second-order valence-electron chi connectivity index (χ2n) is 5.15. The molecule has 1 aliphatic rings. The van der Waals surface area contributed by atoms with Gasteiger partial charge in [0.2, 0.25) is 0 Å². The number of nitrogens with one attached hydrogen (secondary N) is 1. The molecule has 0 unspecified atom stereocenters. The van der Waals surface area contributed by atoms with Gasteiger partial charge in [-0.05, 0) is 59.0 Å². The minimum Gasteiger partial charge on any atom is -0.496 e. The van der Waals surface area contributed by atoms with Crippen LogP contribution < -0.4 is 10.1 Å². The van der Waals surface area contributed by atoms with Gasteiger partial charge in [-0.1, -0.05) is 0 Å². The normalized spacial score (nSPS) is 16.6. The standard InChI is InChI=1S/C15H23BrN2O/c1-11-10-14(19-3)15(16)12(2)13(11)4-7-18-8-5-17-6-9-18/h10,17H,4-9H2,1-3H3. The number of hydrogen-bond donors (Lipinski definition) is 1. The number of rotatable bonds is 4. The summed E-state index contributed by atoms with van der Waals surface area (Å²) in [6.07, 6.45) is 1.11. The quantitative estimate of drug-likeness (QED) is 0.920. The Morgan fingerprint density at radius 2 is 2.00 bits per heavy atom. The molecule has 1 saturated heterocycles. The van der Waals surface area contributed by atoms with E-state index in [0.29, 0.717) is 0 Å². The molecule has 0 spiro atoms. The highest BCUT2D eigenvalue weighted by molar-refractivity contribution is 9.10. The first-order chi connectivity index (χ1) is 9.13. The number of piperazine rings is 1. The Labute approximate surface area is 124 Å². The van der Waals surface area contributed by atoms with Crippen LogP contribution in [0.4, 0.5) is 0 Å². The molecular formula is C15H23BrN2O. The molecule has 1 fully saturated rings. The largest absolute Gasteiger partial charge is 0.496 e. The van der Waals surface area contributed by atoms with Gasteiger partial charge in [0.25, 0.3) is 0 Å². The smallest absolute Gasteiger partial charge is 0.133 e. The highest BCUT2D eigenvalue weighted by atomic mass is 79.9. The molecule has 106 valence electrons. The van der Waals surface area contributed by atoms with Crippen molar-refractivity contribution in [3.63, 3.8) is 0 Å². The third-order valence-electron chi connectivity index (χ3n) is 3.93. The number of hydrogen-bond acceptors (Lipinski definition) is 3. The van der Waals surface area contributed by atoms with Crippen molar-refractivity contribution in [1.29, 1.82) is 0 Å². The monoisotopic (exact) mass is 326 g/mol. The second-order valence-corrected chi connectivity index (χ2v) is 5.95. The van der Waals surface area contributed by atoms with Gasteiger partial charge in [-0.2, -0.15) is 0 Å². The van der Waals surface area contributed by atoms with Crippen LogP contribution in [0.2, 0.25) is 0 Å². The highest BCUT2D eigenvalue weighted by Crippen LogP contribution is 2.33. The van der Waals surface area contributed by atoms with Crippen molar-refractivity contribution >= 4 is 15.9 Å². The lowest BCUT2D eigenvalue weighted by Crippen LogP contribution is -2.44. The van der Waals surface area contributed by atoms with Crippen LogP contribution >= 0.6 is 15.9 Å². The maximum atomic E-state index is 5.39. The van der Waals surface area contributed by atoms with Gasteiger partial charge >= 0.3 is 0 Å². The first-order valence-electron chi connectivity index (χ1n) is 6.89. The molecule has 0 radical (unpaired) electrons. The van der Waals surface area contributed by atoms with Crippen LogP contribution in [-0.2, 0) is 6.42 Å². The van der Waals surface area contributed by atoms with Crippen LogP contribution in [0.3, 0.4) is 0 Å². The lowest BCUT2D eigenvalue weighted by molar-refractivity contribution is 0.243. The summed E-state index contributed by atoms with van der Waals surface area (Å²) in [5, 5.41) is 3.39. The van der Waals surface area contributed by atoms with Gasteiger partial charge < -0.3 is 15.0 Å². The van der Waals surface area contributed by atoms with Gasteiger partial charge in [0.15, 0.2) is 0 Å². The molecule has 0 aliphatic carbocycles. The average molecular weight is 327 g/mol. The molecule has 1 aliphatic heterocycles. The predicted molar refractivity (Wildman–Crippen MR) is 83.2 cm³/mol. The van der Waals surface area contributed by atoms with E-state index in [9.17, 15) is 0 Å². The Balaban J connectivity index is 2.09. The minimum absolute atomic E-state index is 0.931. The van der Waals surface area contributed by atoms with Gasteiger partial charge in [0, 0.05) is 32.7 Å². The summed E-state index contributed by atoms with van der Waals surface area (Å²) in [6, 6.07) is 2.13. The second kappa shape index (κ2) is 6.73. The summed E-state index contributed by atoms with van der Waals surface area (Å²) < 4.78 is 6.48. The molecule has 0 saturated carbocycles. The molecule has 0 atom stereocenters. The van der Waals surface area contributed by atoms with Crippen molar-refractivity contribution in [2.75, 3.05) is 39.8 Å². The van der Waals surface area contributed by atoms with Gasteiger partial charge in [-0.3, -0.25) is 0 Å². The van der Waals surface area contributed by atoms with Gasteiger partial charge in [-0.15, -0.1) is 0 Å². The van der Waals surface area contributed by atoms with E-state index >= 15 is 0 Å². The molecule has 0 aromatic heterocycles. The third-order valence-corrected chi connectivity index (χ3v) is 4.91. The Hall–Kier alpha value is -0.580. The predicted octanol–water partition coefficient (Wildman–Crippen LogP) is 2.52. The number of nitrogens with zero attached hydrogens (tertiary/aromatic N) is 1. The van der Waals surface area contributed by atoms with Crippen molar-refractivity contribution in [2.45, 2.75) is 20.3 Å². The molecular weight excluding hydrogens is 304 g/mol. The number of aryl methyl sites for hydroxylation is 1. The molecule has 19 heavy (non-hydrogen) atoms. The minimum atomic E-state index is 0.931. The Kier molecular flexibility index (Phi) is 5.25. The van der Waals surface area contributed by atoms with E-state index < -0.39 is 0 Å². The fourth-order valence-electron chi connectivity index (χ4n) is 2.70. The summed E-state index contributed by atoms with van der Waals surface area (Å²) in [7, 11) is 1.72. The fourth-order valence-corrected chi connectivity index (χ4v) is 3.21. The van der Waals surface area contributed by atoms with Crippen LogP contribution in [0.25, 0.3) is 0 Å². The fraction of sp³-hybridized carbons (Fsp3) is 0.600. The van der Waals surface area contributed by atoms with Crippen LogP contribution in [0.15, 0.2) is 10.5 Å². The van der Waals surface area contributed by atoms with E-state index in [1.54, 1.807) is 7.11 Å². The average Bonchev–Trinajstić information content (AvgIpc) is 2.44. The van der Waals surface area contributed by atoms with Crippen molar-refractivity contribution < 1.29 is 4.74 Å². The SMILES string of the molecule is COc1cc(C)c(CCN2CCNCC2)c(C)c1Br. The van der Waals surface area contributed by atoms with E-state index in [1.807, 2.05) is 0 Å². The number of ether oxygens (including phenoxy) is 1. The zero-order chi connectivity index (χ0) is 13.8. The lowest BCUT2D eigenvalue weighted by Gasteiger charge is -2.27. The van der Waals surface area contributed by atoms with E-state index in [1.165, 1.54) is 16.7 Å². The Bertz CT molecular complexity index is 442. The molecule has 4 heteroatoms. The van der Waals surface area contributed by atoms with Crippen LogP contribution in [-0.4, -0.2) is 44.7 Å². The summed E-state index contributed by atoms with van der Waals surface area (Å²) in [5.41, 5.74) is 4.09. The Morgan fingerprint density at radius 3 is 2.63 bits per heavy atom. The van der Waals surface area contributed by atoms with Gasteiger partial charge in [0.1, 0.15) is 5.75 Å². The molecule has 3 nitrogen and oxygen atoms in total. The highest BCUT2D eigenvalue weighted by Gasteiger charge is 2.14. The van der Waals surface area contributed by atoms with Crippen molar-refractivity contribution in [3.05, 3.63) is 27.2 Å². The molecule has 0 bridgehead atoms. The first-order valence-corrected chi connectivity index (χ1v) is 7.68. The van der Waals surface area contributed by atoms with Gasteiger partial charge in [0.05, 0.1) is 11.6 Å². The van der Waals surface area contributed by atoms with E-state index in [0.717, 1.165) is 49.4 Å². The maximum absolute atomic E-state index is 5.39. The van der Waals surface area contributed by atoms with Crippen molar-refractivity contribution in [3.8, 4) is 5.75 Å². The van der Waals surface area contributed by atoms with E-state index in [2.05, 4.69) is 46.1 Å². The number of methoxy groups -OCH3 is 1. The molecule has 1 N–H and O–H groups in total. The zero-order valence-electron chi connectivity index (χ0n) is 12.1. The summed E-state index contributed by atoms with van der Waals surface area (Å²) in [6.45, 7) is 10.0. The Morgan fingerprint density at radius 1 is 1.32 bits per heavy atom. The summed E-state index contributed by atoms with van der Waals surface area (Å²) in [4.78, 5) is 2.54. The molecule has 0 amide bonds. The van der Waals surface area contributed by atoms with E-state index in [4.69, 9.17) is 4.74 Å². The maximum Gasteiger partial charge on any atom is 0.133 e. The van der Waals surface area contributed by atoms with Gasteiger partial charge in [-0.25, -0.2) is 0 Å². The van der Waals surface area contributed by atoms with Crippen LogP contribution in [0.5, 0.6) is 5.75 Å². The molecule has 1 aromatic carbocycles. The molecule has 1 heterocycles. The summed E-state index contributed by atoms with van der Waals surface area (Å²) >= 11 is 3.64. The van der Waals surface area contributed by atoms with Crippen LogP contribution in [0, 0.1) is 13.8 Å². The lowest BCUT2D eigenvalue weighted by atomic mass is 9.99. The van der Waals surface area contributed by atoms with Crippen molar-refractivity contribution in [2.24, 2.45) is 0 Å². The number of halogens is 1. The molecule has 1 aromatic rings.